The van der Waals surface area contributed by atoms with Crippen LogP contribution in [0, 0.1) is 5.82 Å². The fourth-order valence-corrected chi connectivity index (χ4v) is 2.47. The van der Waals surface area contributed by atoms with Crippen molar-refractivity contribution in [2.24, 2.45) is 0 Å². The second kappa shape index (κ2) is 5.29. The maximum Gasteiger partial charge on any atom is 0.259 e. The van der Waals surface area contributed by atoms with E-state index in [2.05, 4.69) is 26.6 Å². The summed E-state index contributed by atoms with van der Waals surface area (Å²) in [5.41, 5.74) is 1.86. The number of halogens is 2. The van der Waals surface area contributed by atoms with Gasteiger partial charge in [0.05, 0.1) is 11.1 Å². The summed E-state index contributed by atoms with van der Waals surface area (Å²) in [5.74, 6) is -1.11. The molecule has 21 heavy (non-hydrogen) atoms. The molecule has 0 saturated carbocycles. The van der Waals surface area contributed by atoms with E-state index in [-0.39, 0.29) is 18.3 Å². The summed E-state index contributed by atoms with van der Waals surface area (Å²) in [7, 11) is 0. The molecule has 1 heterocycles. The highest BCUT2D eigenvalue weighted by atomic mass is 79.9. The predicted molar refractivity (Wildman–Crippen MR) is 79.7 cm³/mol. The normalized spacial score (nSPS) is 13.0. The molecule has 1 aliphatic rings. The Labute approximate surface area is 128 Å². The molecule has 0 unspecified atom stereocenters. The molecule has 1 aliphatic heterocycles. The number of anilines is 1. The van der Waals surface area contributed by atoms with E-state index in [0.29, 0.717) is 26.9 Å². The standard InChI is InChI=1S/C15H10BrFN2O2/c16-9-2-1-8(13(17)5-9)7-18-10-3-4-11-12(6-10)15(21)19-14(11)20/h1-6,18H,7H2,(H,19,20,21). The molecule has 2 N–H and O–H groups in total. The molecule has 6 heteroatoms. The summed E-state index contributed by atoms with van der Waals surface area (Å²) in [6, 6.07) is 9.69. The number of carbonyl (C=O) groups excluding carboxylic acids is 2. The number of imide groups is 1. The van der Waals surface area contributed by atoms with E-state index in [0.717, 1.165) is 0 Å². The zero-order valence-electron chi connectivity index (χ0n) is 10.7. The van der Waals surface area contributed by atoms with Gasteiger partial charge in [0.2, 0.25) is 0 Å². The highest BCUT2D eigenvalue weighted by Gasteiger charge is 2.26. The fourth-order valence-electron chi connectivity index (χ4n) is 2.14. The Kier molecular flexibility index (Phi) is 3.47. The summed E-state index contributed by atoms with van der Waals surface area (Å²) in [6.07, 6.45) is 0. The predicted octanol–water partition coefficient (Wildman–Crippen LogP) is 3.08. The summed E-state index contributed by atoms with van der Waals surface area (Å²) < 4.78 is 14.4. The second-order valence-corrected chi connectivity index (χ2v) is 5.55. The van der Waals surface area contributed by atoms with Crippen LogP contribution in [0.4, 0.5) is 10.1 Å². The van der Waals surface area contributed by atoms with Gasteiger partial charge in [0.1, 0.15) is 5.82 Å². The van der Waals surface area contributed by atoms with Crippen LogP contribution in [0.1, 0.15) is 26.3 Å². The van der Waals surface area contributed by atoms with Crippen molar-refractivity contribution in [3.05, 3.63) is 63.4 Å². The SMILES string of the molecule is O=C1NC(=O)c2cc(NCc3ccc(Br)cc3F)ccc21. The molecule has 2 aromatic carbocycles. The zero-order chi connectivity index (χ0) is 15.0. The van der Waals surface area contributed by atoms with Gasteiger partial charge in [-0.3, -0.25) is 14.9 Å². The molecule has 106 valence electrons. The van der Waals surface area contributed by atoms with Gasteiger partial charge in [-0.05, 0) is 30.3 Å². The monoisotopic (exact) mass is 348 g/mol. The van der Waals surface area contributed by atoms with Crippen molar-refractivity contribution in [2.75, 3.05) is 5.32 Å². The Morgan fingerprint density at radius 3 is 2.57 bits per heavy atom. The van der Waals surface area contributed by atoms with E-state index < -0.39 is 5.91 Å². The van der Waals surface area contributed by atoms with Gasteiger partial charge in [-0.15, -0.1) is 0 Å². The Morgan fingerprint density at radius 1 is 1.05 bits per heavy atom. The molecule has 0 aromatic heterocycles. The lowest BCUT2D eigenvalue weighted by atomic mass is 10.1. The van der Waals surface area contributed by atoms with E-state index >= 15 is 0 Å². The van der Waals surface area contributed by atoms with Gasteiger partial charge in [-0.2, -0.15) is 0 Å². The number of hydrogen-bond donors (Lipinski definition) is 2. The minimum Gasteiger partial charge on any atom is -0.381 e. The summed E-state index contributed by atoms with van der Waals surface area (Å²) in [4.78, 5) is 23.0. The van der Waals surface area contributed by atoms with Crippen LogP contribution in [-0.4, -0.2) is 11.8 Å². The van der Waals surface area contributed by atoms with Crippen LogP contribution in [-0.2, 0) is 6.54 Å². The minimum absolute atomic E-state index is 0.285. The maximum atomic E-state index is 13.7. The molecule has 0 radical (unpaired) electrons. The van der Waals surface area contributed by atoms with Gasteiger partial charge in [0.25, 0.3) is 11.8 Å². The quantitative estimate of drug-likeness (QED) is 0.838. The third-order valence-electron chi connectivity index (χ3n) is 3.23. The van der Waals surface area contributed by atoms with Gasteiger partial charge >= 0.3 is 0 Å². The smallest absolute Gasteiger partial charge is 0.259 e. The number of benzene rings is 2. The first-order chi connectivity index (χ1) is 10.0. The lowest BCUT2D eigenvalue weighted by molar-refractivity contribution is 0.0879. The van der Waals surface area contributed by atoms with Crippen LogP contribution in [0.5, 0.6) is 0 Å². The van der Waals surface area contributed by atoms with E-state index in [9.17, 15) is 14.0 Å². The molecular weight excluding hydrogens is 339 g/mol. The van der Waals surface area contributed by atoms with Gasteiger partial charge in [-0.1, -0.05) is 22.0 Å². The van der Waals surface area contributed by atoms with E-state index in [4.69, 9.17) is 0 Å². The Bertz CT molecular complexity index is 761. The average Bonchev–Trinajstić information content (AvgIpc) is 2.73. The first kappa shape index (κ1) is 13.8. The molecule has 0 bridgehead atoms. The number of hydrogen-bond acceptors (Lipinski definition) is 3. The average molecular weight is 349 g/mol. The molecule has 3 rings (SSSR count). The van der Waals surface area contributed by atoms with Gasteiger partial charge in [0, 0.05) is 22.3 Å². The number of carbonyl (C=O) groups is 2. The third kappa shape index (κ3) is 2.67. The van der Waals surface area contributed by atoms with Crippen molar-refractivity contribution in [1.82, 2.24) is 5.32 Å². The molecule has 0 aliphatic carbocycles. The second-order valence-electron chi connectivity index (χ2n) is 4.63. The van der Waals surface area contributed by atoms with E-state index in [1.807, 2.05) is 0 Å². The van der Waals surface area contributed by atoms with Crippen molar-refractivity contribution in [3.8, 4) is 0 Å². The first-order valence-corrected chi connectivity index (χ1v) is 7.01. The van der Waals surface area contributed by atoms with Crippen LogP contribution in [0.2, 0.25) is 0 Å². The van der Waals surface area contributed by atoms with Crippen molar-refractivity contribution in [2.45, 2.75) is 6.54 Å². The highest BCUT2D eigenvalue weighted by Crippen LogP contribution is 2.21. The number of nitrogens with one attached hydrogen (secondary N) is 2. The molecule has 4 nitrogen and oxygen atoms in total. The zero-order valence-corrected chi connectivity index (χ0v) is 12.3. The van der Waals surface area contributed by atoms with Gasteiger partial charge < -0.3 is 5.32 Å². The van der Waals surface area contributed by atoms with E-state index in [1.54, 1.807) is 30.3 Å². The molecular formula is C15H10BrFN2O2. The third-order valence-corrected chi connectivity index (χ3v) is 3.73. The Hall–Kier alpha value is -2.21. The maximum absolute atomic E-state index is 13.7. The minimum atomic E-state index is -0.409. The molecule has 0 spiro atoms. The lowest BCUT2D eigenvalue weighted by Crippen LogP contribution is -2.19. The van der Waals surface area contributed by atoms with Gasteiger partial charge in [0.15, 0.2) is 0 Å². The van der Waals surface area contributed by atoms with Crippen molar-refractivity contribution in [3.63, 3.8) is 0 Å². The Morgan fingerprint density at radius 2 is 1.81 bits per heavy atom. The highest BCUT2D eigenvalue weighted by molar-refractivity contribution is 9.10. The molecule has 2 aromatic rings. The van der Waals surface area contributed by atoms with Crippen molar-refractivity contribution < 1.29 is 14.0 Å². The summed E-state index contributed by atoms with van der Waals surface area (Å²) >= 11 is 3.20. The van der Waals surface area contributed by atoms with Crippen LogP contribution in [0.15, 0.2) is 40.9 Å². The number of amides is 2. The largest absolute Gasteiger partial charge is 0.381 e. The topological polar surface area (TPSA) is 58.2 Å². The molecule has 2 amide bonds. The molecule has 0 atom stereocenters. The first-order valence-electron chi connectivity index (χ1n) is 6.22. The van der Waals surface area contributed by atoms with Crippen LogP contribution >= 0.6 is 15.9 Å². The number of fused-ring (bicyclic) bond motifs is 1. The van der Waals surface area contributed by atoms with E-state index in [1.165, 1.54) is 6.07 Å². The summed E-state index contributed by atoms with van der Waals surface area (Å²) in [5, 5.41) is 5.27. The van der Waals surface area contributed by atoms with Crippen LogP contribution < -0.4 is 10.6 Å². The fraction of sp³-hybridized carbons (Fsp3) is 0.0667. The summed E-state index contributed by atoms with van der Waals surface area (Å²) in [6.45, 7) is 0.285. The van der Waals surface area contributed by atoms with Crippen LogP contribution in [0.25, 0.3) is 0 Å². The number of rotatable bonds is 3. The lowest BCUT2D eigenvalue weighted by Gasteiger charge is -2.08. The van der Waals surface area contributed by atoms with Gasteiger partial charge in [-0.25, -0.2) is 4.39 Å². The van der Waals surface area contributed by atoms with Crippen molar-refractivity contribution in [1.29, 1.82) is 0 Å². The molecule has 0 fully saturated rings. The van der Waals surface area contributed by atoms with Crippen molar-refractivity contribution >= 4 is 33.4 Å². The van der Waals surface area contributed by atoms with Crippen LogP contribution in [0.3, 0.4) is 0 Å². The Balaban J connectivity index is 1.79. The molecule has 0 saturated heterocycles.